The highest BCUT2D eigenvalue weighted by Gasteiger charge is 2.64. The van der Waals surface area contributed by atoms with Gasteiger partial charge in [0.2, 0.25) is 0 Å². The molecule has 0 bridgehead atoms. The third-order valence-corrected chi connectivity index (χ3v) is 5.39. The van der Waals surface area contributed by atoms with E-state index in [1.54, 1.807) is 6.07 Å². The minimum atomic E-state index is -4.94. The van der Waals surface area contributed by atoms with Crippen LogP contribution in [0.3, 0.4) is 0 Å². The number of hydrogen-bond acceptors (Lipinski definition) is 3. The Bertz CT molecular complexity index is 600. The lowest BCUT2D eigenvalue weighted by atomic mass is 9.75. The lowest BCUT2D eigenvalue weighted by molar-refractivity contribution is -0.279. The molecule has 26 heavy (non-hydrogen) atoms. The third kappa shape index (κ3) is 3.90. The molecular weight excluding hydrogens is 345 g/mol. The minimum absolute atomic E-state index is 0.0497. The molecule has 1 saturated carbocycles. The van der Waals surface area contributed by atoms with Crippen LogP contribution in [0, 0.1) is 17.8 Å². The Kier molecular flexibility index (Phi) is 6.37. The fourth-order valence-electron chi connectivity index (χ4n) is 3.86. The average Bonchev–Trinajstić information content (AvgIpc) is 2.55. The predicted molar refractivity (Wildman–Crippen MR) is 92.4 cm³/mol. The van der Waals surface area contributed by atoms with Gasteiger partial charge in [0, 0.05) is 12.7 Å². The lowest BCUT2D eigenvalue weighted by Crippen LogP contribution is -2.53. The zero-order valence-corrected chi connectivity index (χ0v) is 15.7. The second-order valence-electron chi connectivity index (χ2n) is 7.52. The van der Waals surface area contributed by atoms with Crippen molar-refractivity contribution in [2.75, 3.05) is 7.11 Å². The number of rotatable bonds is 5. The topological polar surface area (TPSA) is 35.5 Å². The summed E-state index contributed by atoms with van der Waals surface area (Å²) >= 11 is 0. The number of hydrogen-bond donors (Lipinski definition) is 0. The highest BCUT2D eigenvalue weighted by atomic mass is 19.4. The molecular formula is C20H27F3O3. The van der Waals surface area contributed by atoms with Crippen molar-refractivity contribution in [2.45, 2.75) is 57.9 Å². The summed E-state index contributed by atoms with van der Waals surface area (Å²) in [6.45, 7) is 6.04. The van der Waals surface area contributed by atoms with Crippen molar-refractivity contribution in [2.24, 2.45) is 17.8 Å². The number of carbonyl (C=O) groups excluding carboxylic acids is 1. The van der Waals surface area contributed by atoms with Gasteiger partial charge in [-0.05, 0) is 30.6 Å². The standard InChI is InChI=1S/C20H27F3O3/c1-13(2)16-11-10-14(3)12-17(16)26-18(24)19(25-4,20(21,22)23)15-8-6-5-7-9-15/h5-9,13-14,16-17H,10-12H2,1-4H3/t14-,16+,17-,19-/m0/s1. The molecule has 0 amide bonds. The van der Waals surface area contributed by atoms with Crippen LogP contribution in [0.4, 0.5) is 13.2 Å². The van der Waals surface area contributed by atoms with Crippen LogP contribution in [0.2, 0.25) is 0 Å². The molecule has 1 aliphatic rings. The van der Waals surface area contributed by atoms with Gasteiger partial charge in [-0.2, -0.15) is 13.2 Å². The van der Waals surface area contributed by atoms with Crippen LogP contribution in [0.15, 0.2) is 30.3 Å². The van der Waals surface area contributed by atoms with Crippen LogP contribution < -0.4 is 0 Å². The van der Waals surface area contributed by atoms with Gasteiger partial charge in [0.05, 0.1) is 0 Å². The van der Waals surface area contributed by atoms with Gasteiger partial charge in [-0.15, -0.1) is 0 Å². The van der Waals surface area contributed by atoms with Crippen molar-refractivity contribution in [3.63, 3.8) is 0 Å². The van der Waals surface area contributed by atoms with Crippen LogP contribution in [0.5, 0.6) is 0 Å². The Morgan fingerprint density at radius 1 is 1.15 bits per heavy atom. The molecule has 1 aromatic carbocycles. The van der Waals surface area contributed by atoms with E-state index in [9.17, 15) is 18.0 Å². The molecule has 0 spiro atoms. The Hall–Kier alpha value is -1.56. The van der Waals surface area contributed by atoms with Gasteiger partial charge < -0.3 is 9.47 Å². The molecule has 1 aromatic rings. The van der Waals surface area contributed by atoms with Crippen LogP contribution in [-0.2, 0) is 19.9 Å². The zero-order chi connectivity index (χ0) is 19.5. The van der Waals surface area contributed by atoms with Crippen LogP contribution in [-0.4, -0.2) is 25.4 Å². The quantitative estimate of drug-likeness (QED) is 0.675. The molecule has 0 radical (unpaired) electrons. The molecule has 0 aliphatic heterocycles. The number of ether oxygens (including phenoxy) is 2. The molecule has 0 N–H and O–H groups in total. The number of halogens is 3. The second kappa shape index (κ2) is 7.99. The maximum atomic E-state index is 14.0. The van der Waals surface area contributed by atoms with Gasteiger partial charge in [-0.25, -0.2) is 4.79 Å². The molecule has 6 heteroatoms. The number of carbonyl (C=O) groups is 1. The third-order valence-electron chi connectivity index (χ3n) is 5.39. The highest BCUT2D eigenvalue weighted by Crippen LogP contribution is 2.44. The summed E-state index contributed by atoms with van der Waals surface area (Å²) < 4.78 is 52.2. The summed E-state index contributed by atoms with van der Waals surface area (Å²) in [5.41, 5.74) is -3.39. The molecule has 2 rings (SSSR count). The highest BCUT2D eigenvalue weighted by molar-refractivity contribution is 5.82. The van der Waals surface area contributed by atoms with Gasteiger partial charge >= 0.3 is 12.1 Å². The number of esters is 1. The van der Waals surface area contributed by atoms with E-state index in [1.165, 1.54) is 24.3 Å². The van der Waals surface area contributed by atoms with Gasteiger partial charge in [0.25, 0.3) is 5.60 Å². The van der Waals surface area contributed by atoms with E-state index in [0.29, 0.717) is 12.3 Å². The first kappa shape index (κ1) is 20.7. The summed E-state index contributed by atoms with van der Waals surface area (Å²) in [4.78, 5) is 12.8. The van der Waals surface area contributed by atoms with Crippen molar-refractivity contribution >= 4 is 5.97 Å². The summed E-state index contributed by atoms with van der Waals surface area (Å²) in [6.07, 6.45) is -3.07. The molecule has 0 saturated heterocycles. The molecule has 0 aromatic heterocycles. The first-order valence-corrected chi connectivity index (χ1v) is 9.02. The SMILES string of the molecule is CO[C@](C(=O)O[C@H]1C[C@@H](C)CC[C@@H]1C(C)C)(c1ccccc1)C(F)(F)F. The van der Waals surface area contributed by atoms with Crippen LogP contribution in [0.25, 0.3) is 0 Å². The van der Waals surface area contributed by atoms with E-state index < -0.39 is 23.9 Å². The van der Waals surface area contributed by atoms with Crippen LogP contribution in [0.1, 0.15) is 45.6 Å². The molecule has 1 aliphatic carbocycles. The van der Waals surface area contributed by atoms with Gasteiger partial charge in [-0.1, -0.05) is 57.5 Å². The maximum Gasteiger partial charge on any atom is 0.432 e. The largest absolute Gasteiger partial charge is 0.459 e. The normalized spacial score (nSPS) is 26.4. The van der Waals surface area contributed by atoms with Crippen LogP contribution >= 0.6 is 0 Å². The van der Waals surface area contributed by atoms with E-state index in [1.807, 2.05) is 20.8 Å². The van der Waals surface area contributed by atoms with E-state index >= 15 is 0 Å². The zero-order valence-electron chi connectivity index (χ0n) is 15.7. The smallest absolute Gasteiger partial charge is 0.432 e. The molecule has 146 valence electrons. The Morgan fingerprint density at radius 3 is 2.27 bits per heavy atom. The van der Waals surface area contributed by atoms with Crippen molar-refractivity contribution in [1.82, 2.24) is 0 Å². The van der Waals surface area contributed by atoms with E-state index in [4.69, 9.17) is 9.47 Å². The van der Waals surface area contributed by atoms with Crippen molar-refractivity contribution in [1.29, 1.82) is 0 Å². The summed E-state index contributed by atoms with van der Waals surface area (Å²) in [6, 6.07) is 6.95. The van der Waals surface area contributed by atoms with Gasteiger partial charge in [0.15, 0.2) is 0 Å². The van der Waals surface area contributed by atoms with Gasteiger partial charge in [0.1, 0.15) is 6.10 Å². The molecule has 4 atom stereocenters. The molecule has 0 heterocycles. The summed E-state index contributed by atoms with van der Waals surface area (Å²) in [5.74, 6) is -0.806. The van der Waals surface area contributed by atoms with E-state index in [0.717, 1.165) is 20.0 Å². The lowest BCUT2D eigenvalue weighted by Gasteiger charge is -2.39. The minimum Gasteiger partial charge on any atom is -0.459 e. The Morgan fingerprint density at radius 2 is 1.77 bits per heavy atom. The first-order chi connectivity index (χ1) is 12.1. The first-order valence-electron chi connectivity index (χ1n) is 9.02. The van der Waals surface area contributed by atoms with Crippen molar-refractivity contribution < 1.29 is 27.4 Å². The van der Waals surface area contributed by atoms with Gasteiger partial charge in [-0.3, -0.25) is 0 Å². The van der Waals surface area contributed by atoms with Crippen molar-refractivity contribution in [3.8, 4) is 0 Å². The number of methoxy groups -OCH3 is 1. The monoisotopic (exact) mass is 372 g/mol. The maximum absolute atomic E-state index is 14.0. The van der Waals surface area contributed by atoms with E-state index in [2.05, 4.69) is 0 Å². The van der Waals surface area contributed by atoms with Crippen molar-refractivity contribution in [3.05, 3.63) is 35.9 Å². The molecule has 1 fully saturated rings. The average molecular weight is 372 g/mol. The molecule has 0 unspecified atom stereocenters. The number of benzene rings is 1. The van der Waals surface area contributed by atoms with E-state index in [-0.39, 0.29) is 17.4 Å². The summed E-state index contributed by atoms with van der Waals surface area (Å²) in [5, 5.41) is 0. The summed E-state index contributed by atoms with van der Waals surface area (Å²) in [7, 11) is 0.894. The second-order valence-corrected chi connectivity index (χ2v) is 7.52. The fraction of sp³-hybridized carbons (Fsp3) is 0.650. The number of alkyl halides is 3. The molecule has 3 nitrogen and oxygen atoms in total. The Balaban J connectivity index is 2.38. The Labute approximate surface area is 152 Å². The fourth-order valence-corrected chi connectivity index (χ4v) is 3.86. The predicted octanol–water partition coefficient (Wildman–Crippen LogP) is 5.09.